The molecule has 0 bridgehead atoms. The van der Waals surface area contributed by atoms with Crippen molar-refractivity contribution in [3.63, 3.8) is 0 Å². The van der Waals surface area contributed by atoms with E-state index in [-0.39, 0.29) is 6.04 Å². The highest BCUT2D eigenvalue weighted by Gasteiger charge is 2.40. The molecule has 0 aliphatic carbocycles. The van der Waals surface area contributed by atoms with E-state index in [2.05, 4.69) is 5.32 Å². The van der Waals surface area contributed by atoms with Crippen molar-refractivity contribution in [2.75, 3.05) is 25.2 Å². The minimum absolute atomic E-state index is 0.0739. The van der Waals surface area contributed by atoms with Crippen LogP contribution in [0, 0.1) is 0 Å². The molecule has 0 aromatic rings. The molecule has 0 radical (unpaired) electrons. The van der Waals surface area contributed by atoms with Crippen molar-refractivity contribution < 1.29 is 14.6 Å². The first-order chi connectivity index (χ1) is 7.10. The molecule has 0 amide bonds. The predicted octanol–water partition coefficient (Wildman–Crippen LogP) is 0.961. The largest absolute Gasteiger partial charge is 0.480 e. The van der Waals surface area contributed by atoms with Crippen molar-refractivity contribution in [2.24, 2.45) is 0 Å². The molecule has 1 heterocycles. The summed E-state index contributed by atoms with van der Waals surface area (Å²) < 4.78 is 5.01. The molecule has 2 unspecified atom stereocenters. The van der Waals surface area contributed by atoms with E-state index >= 15 is 0 Å². The van der Waals surface area contributed by atoms with Gasteiger partial charge in [-0.1, -0.05) is 0 Å². The Labute approximate surface area is 94.8 Å². The Morgan fingerprint density at radius 3 is 2.93 bits per heavy atom. The van der Waals surface area contributed by atoms with Gasteiger partial charge in [0, 0.05) is 18.9 Å². The van der Waals surface area contributed by atoms with Gasteiger partial charge in [0.15, 0.2) is 0 Å². The Bertz CT molecular complexity index is 217. The number of ether oxygens (including phenoxy) is 1. The molecule has 0 aromatic carbocycles. The molecular weight excluding hydrogens is 214 g/mol. The first-order valence-electron chi connectivity index (χ1n) is 5.18. The number of nitrogens with one attached hydrogen (secondary N) is 1. The van der Waals surface area contributed by atoms with Crippen LogP contribution in [0.5, 0.6) is 0 Å². The lowest BCUT2D eigenvalue weighted by molar-refractivity contribution is -0.144. The number of carbonyl (C=O) groups is 1. The maximum Gasteiger partial charge on any atom is 0.324 e. The van der Waals surface area contributed by atoms with Gasteiger partial charge in [-0.15, -0.1) is 0 Å². The third kappa shape index (κ3) is 3.36. The van der Waals surface area contributed by atoms with E-state index < -0.39 is 11.5 Å². The van der Waals surface area contributed by atoms with Crippen LogP contribution in [0.15, 0.2) is 0 Å². The van der Waals surface area contributed by atoms with Crippen LogP contribution in [0.3, 0.4) is 0 Å². The first kappa shape index (κ1) is 12.8. The van der Waals surface area contributed by atoms with Crippen molar-refractivity contribution in [1.82, 2.24) is 5.32 Å². The zero-order chi connectivity index (χ0) is 11.3. The highest BCUT2D eigenvalue weighted by atomic mass is 32.2. The quantitative estimate of drug-likeness (QED) is 0.741. The average Bonchev–Trinajstić information content (AvgIpc) is 2.19. The average molecular weight is 233 g/mol. The number of hydrogen-bond donors (Lipinski definition) is 2. The van der Waals surface area contributed by atoms with Crippen LogP contribution in [-0.2, 0) is 9.53 Å². The standard InChI is InChI=1S/C10H19NO3S/c1-8(6-14-2)11-10(9(12)13)4-3-5-15-7-10/h8,11H,3-7H2,1-2H3,(H,12,13). The number of methoxy groups -OCH3 is 1. The molecule has 1 aliphatic heterocycles. The molecule has 1 rings (SSSR count). The minimum Gasteiger partial charge on any atom is -0.480 e. The van der Waals surface area contributed by atoms with E-state index in [9.17, 15) is 9.90 Å². The summed E-state index contributed by atoms with van der Waals surface area (Å²) in [6.07, 6.45) is 1.67. The number of rotatable bonds is 5. The first-order valence-corrected chi connectivity index (χ1v) is 6.34. The van der Waals surface area contributed by atoms with E-state index in [1.807, 2.05) is 6.92 Å². The lowest BCUT2D eigenvalue weighted by atomic mass is 9.94. The summed E-state index contributed by atoms with van der Waals surface area (Å²) in [6, 6.07) is 0.0739. The Hall–Kier alpha value is -0.260. The van der Waals surface area contributed by atoms with Crippen molar-refractivity contribution in [3.05, 3.63) is 0 Å². The van der Waals surface area contributed by atoms with Gasteiger partial charge in [-0.2, -0.15) is 11.8 Å². The van der Waals surface area contributed by atoms with Crippen LogP contribution < -0.4 is 5.32 Å². The van der Waals surface area contributed by atoms with Gasteiger partial charge in [-0.05, 0) is 25.5 Å². The SMILES string of the molecule is COCC(C)NC1(C(=O)O)CCCSC1. The lowest BCUT2D eigenvalue weighted by Crippen LogP contribution is -2.59. The van der Waals surface area contributed by atoms with E-state index in [1.165, 1.54) is 0 Å². The molecule has 0 aromatic heterocycles. The van der Waals surface area contributed by atoms with Crippen LogP contribution in [0.4, 0.5) is 0 Å². The molecule has 1 saturated heterocycles. The van der Waals surface area contributed by atoms with Crippen molar-refractivity contribution >= 4 is 17.7 Å². The summed E-state index contributed by atoms with van der Waals surface area (Å²) >= 11 is 1.71. The fourth-order valence-corrected chi connectivity index (χ4v) is 3.09. The van der Waals surface area contributed by atoms with E-state index in [1.54, 1.807) is 18.9 Å². The molecule has 0 spiro atoms. The minimum atomic E-state index is -0.749. The molecule has 4 nitrogen and oxygen atoms in total. The van der Waals surface area contributed by atoms with Gasteiger partial charge in [0.2, 0.25) is 0 Å². The van der Waals surface area contributed by atoms with Crippen molar-refractivity contribution in [1.29, 1.82) is 0 Å². The molecule has 88 valence electrons. The fourth-order valence-electron chi connectivity index (χ4n) is 1.90. The topological polar surface area (TPSA) is 58.6 Å². The number of aliphatic carboxylic acids is 1. The Morgan fingerprint density at radius 2 is 2.47 bits per heavy atom. The van der Waals surface area contributed by atoms with Crippen LogP contribution in [0.1, 0.15) is 19.8 Å². The number of thioether (sulfide) groups is 1. The van der Waals surface area contributed by atoms with Crippen molar-refractivity contribution in [2.45, 2.75) is 31.3 Å². The Kier molecular flexibility index (Phi) is 4.89. The van der Waals surface area contributed by atoms with E-state index in [0.29, 0.717) is 18.8 Å². The Balaban J connectivity index is 2.60. The molecule has 5 heteroatoms. The second-order valence-corrected chi connectivity index (χ2v) is 5.15. The molecular formula is C10H19NO3S. The highest BCUT2D eigenvalue weighted by Crippen LogP contribution is 2.27. The third-order valence-corrected chi connectivity index (χ3v) is 3.86. The van der Waals surface area contributed by atoms with E-state index in [0.717, 1.165) is 12.2 Å². The normalized spacial score (nSPS) is 28.7. The third-order valence-electron chi connectivity index (χ3n) is 2.59. The fraction of sp³-hybridized carbons (Fsp3) is 0.900. The summed E-state index contributed by atoms with van der Waals surface area (Å²) in [5, 5.41) is 12.5. The highest BCUT2D eigenvalue weighted by molar-refractivity contribution is 7.99. The number of carboxylic acid groups (broad SMARTS) is 1. The molecule has 15 heavy (non-hydrogen) atoms. The zero-order valence-electron chi connectivity index (χ0n) is 9.28. The van der Waals surface area contributed by atoms with Crippen LogP contribution in [0.2, 0.25) is 0 Å². The summed E-state index contributed by atoms with van der Waals surface area (Å²) in [4.78, 5) is 11.3. The van der Waals surface area contributed by atoms with Crippen LogP contribution >= 0.6 is 11.8 Å². The molecule has 2 atom stereocenters. The summed E-state index contributed by atoms with van der Waals surface area (Å²) in [7, 11) is 1.63. The van der Waals surface area contributed by atoms with Crippen molar-refractivity contribution in [3.8, 4) is 0 Å². The maximum atomic E-state index is 11.3. The van der Waals surface area contributed by atoms with Gasteiger partial charge in [-0.25, -0.2) is 0 Å². The van der Waals surface area contributed by atoms with Gasteiger partial charge in [0.05, 0.1) is 6.61 Å². The predicted molar refractivity (Wildman–Crippen MR) is 61.4 cm³/mol. The zero-order valence-corrected chi connectivity index (χ0v) is 10.1. The van der Waals surface area contributed by atoms with Crippen LogP contribution in [0.25, 0.3) is 0 Å². The molecule has 0 saturated carbocycles. The molecule has 2 N–H and O–H groups in total. The summed E-state index contributed by atoms with van der Waals surface area (Å²) in [5.74, 6) is 0.976. The molecule has 1 fully saturated rings. The Morgan fingerprint density at radius 1 is 1.73 bits per heavy atom. The lowest BCUT2D eigenvalue weighted by Gasteiger charge is -2.36. The monoisotopic (exact) mass is 233 g/mol. The van der Waals surface area contributed by atoms with Gasteiger partial charge in [-0.3, -0.25) is 10.1 Å². The number of hydrogen-bond acceptors (Lipinski definition) is 4. The number of carboxylic acids is 1. The van der Waals surface area contributed by atoms with Gasteiger partial charge in [0.1, 0.15) is 5.54 Å². The maximum absolute atomic E-state index is 11.3. The second kappa shape index (κ2) is 5.72. The van der Waals surface area contributed by atoms with Gasteiger partial charge in [0.25, 0.3) is 0 Å². The second-order valence-electron chi connectivity index (χ2n) is 4.04. The van der Waals surface area contributed by atoms with Gasteiger partial charge < -0.3 is 9.84 Å². The summed E-state index contributed by atoms with van der Waals surface area (Å²) in [6.45, 7) is 2.49. The molecule has 1 aliphatic rings. The van der Waals surface area contributed by atoms with E-state index in [4.69, 9.17) is 4.74 Å². The van der Waals surface area contributed by atoms with Gasteiger partial charge >= 0.3 is 5.97 Å². The smallest absolute Gasteiger partial charge is 0.324 e. The van der Waals surface area contributed by atoms with Crippen LogP contribution in [-0.4, -0.2) is 47.9 Å². The summed E-state index contributed by atoms with van der Waals surface area (Å²) in [5.41, 5.74) is -0.749.